The predicted octanol–water partition coefficient (Wildman–Crippen LogP) is 3.78. The molecule has 4 nitrogen and oxygen atoms in total. The van der Waals surface area contributed by atoms with Gasteiger partial charge in [-0.3, -0.25) is 4.57 Å². The van der Waals surface area contributed by atoms with Crippen molar-refractivity contribution in [1.29, 1.82) is 0 Å². The summed E-state index contributed by atoms with van der Waals surface area (Å²) in [6.45, 7) is 0. The minimum absolute atomic E-state index is 0.489. The molecule has 3 aromatic rings. The van der Waals surface area contributed by atoms with E-state index in [1.165, 1.54) is 6.08 Å². The minimum Gasteiger partial charge on any atom is -0.478 e. The third kappa shape index (κ3) is 2.66. The zero-order chi connectivity index (χ0) is 14.8. The fourth-order valence-corrected chi connectivity index (χ4v) is 2.36. The molecule has 1 aromatic heterocycles. The molecule has 0 atom stereocenters. The second-order valence-corrected chi connectivity index (χ2v) is 4.89. The van der Waals surface area contributed by atoms with E-state index in [0.29, 0.717) is 10.6 Å². The van der Waals surface area contributed by atoms with E-state index in [2.05, 4.69) is 4.98 Å². The Hall–Kier alpha value is -2.59. The van der Waals surface area contributed by atoms with Gasteiger partial charge in [-0.1, -0.05) is 29.8 Å². The summed E-state index contributed by atoms with van der Waals surface area (Å²) in [6, 6.07) is 13.3. The number of carboxylic acid groups (broad SMARTS) is 1. The van der Waals surface area contributed by atoms with Gasteiger partial charge in [-0.05, 0) is 35.9 Å². The summed E-state index contributed by atoms with van der Waals surface area (Å²) in [5.74, 6) is -1.00. The molecule has 0 radical (unpaired) electrons. The van der Waals surface area contributed by atoms with Crippen LogP contribution in [0.15, 0.2) is 54.9 Å². The lowest BCUT2D eigenvalue weighted by atomic mass is 10.2. The molecule has 2 aromatic carbocycles. The summed E-state index contributed by atoms with van der Waals surface area (Å²) in [6.07, 6.45) is 4.27. The molecule has 0 saturated carbocycles. The highest BCUT2D eigenvalue weighted by atomic mass is 35.5. The van der Waals surface area contributed by atoms with Gasteiger partial charge < -0.3 is 5.11 Å². The molecule has 3 rings (SSSR count). The highest BCUT2D eigenvalue weighted by Crippen LogP contribution is 2.24. The lowest BCUT2D eigenvalue weighted by Gasteiger charge is -2.06. The second kappa shape index (κ2) is 5.42. The Kier molecular flexibility index (Phi) is 3.46. The van der Waals surface area contributed by atoms with Crippen LogP contribution in [-0.2, 0) is 4.79 Å². The molecule has 1 heterocycles. The first-order valence-corrected chi connectivity index (χ1v) is 6.66. The van der Waals surface area contributed by atoms with Crippen LogP contribution in [0.1, 0.15) is 5.56 Å². The number of fused-ring (bicyclic) bond motifs is 1. The largest absolute Gasteiger partial charge is 0.478 e. The molecule has 5 heteroatoms. The second-order valence-electron chi connectivity index (χ2n) is 4.48. The average molecular weight is 299 g/mol. The average Bonchev–Trinajstić information content (AvgIpc) is 2.89. The first-order chi connectivity index (χ1) is 10.1. The van der Waals surface area contributed by atoms with Crippen molar-refractivity contribution < 1.29 is 9.90 Å². The van der Waals surface area contributed by atoms with Crippen molar-refractivity contribution in [2.24, 2.45) is 0 Å². The van der Waals surface area contributed by atoms with Crippen molar-refractivity contribution in [3.05, 3.63) is 65.5 Å². The van der Waals surface area contributed by atoms with E-state index in [1.807, 2.05) is 34.9 Å². The maximum absolute atomic E-state index is 10.5. The Morgan fingerprint density at radius 2 is 2.05 bits per heavy atom. The molecule has 1 N–H and O–H groups in total. The molecule has 104 valence electrons. The van der Waals surface area contributed by atoms with E-state index in [9.17, 15) is 4.79 Å². The van der Waals surface area contributed by atoms with Crippen molar-refractivity contribution in [2.45, 2.75) is 0 Å². The number of benzene rings is 2. The van der Waals surface area contributed by atoms with Gasteiger partial charge >= 0.3 is 5.97 Å². The molecule has 0 unspecified atom stereocenters. The summed E-state index contributed by atoms with van der Waals surface area (Å²) in [7, 11) is 0. The maximum Gasteiger partial charge on any atom is 0.328 e. The lowest BCUT2D eigenvalue weighted by Crippen LogP contribution is -1.92. The topological polar surface area (TPSA) is 55.1 Å². The van der Waals surface area contributed by atoms with Crippen molar-refractivity contribution in [3.63, 3.8) is 0 Å². The van der Waals surface area contributed by atoms with E-state index in [0.717, 1.165) is 22.8 Å². The summed E-state index contributed by atoms with van der Waals surface area (Å²) >= 11 is 6.20. The first-order valence-electron chi connectivity index (χ1n) is 6.28. The number of carbonyl (C=O) groups is 1. The van der Waals surface area contributed by atoms with Crippen LogP contribution < -0.4 is 0 Å². The molecule has 0 aliphatic heterocycles. The monoisotopic (exact) mass is 298 g/mol. The van der Waals surface area contributed by atoms with Gasteiger partial charge in [0.15, 0.2) is 0 Å². The molecule has 0 aliphatic carbocycles. The number of imidazole rings is 1. The molecule has 0 amide bonds. The highest BCUT2D eigenvalue weighted by molar-refractivity contribution is 6.32. The van der Waals surface area contributed by atoms with E-state index < -0.39 is 5.97 Å². The van der Waals surface area contributed by atoms with Crippen LogP contribution in [0.2, 0.25) is 5.02 Å². The predicted molar refractivity (Wildman–Crippen MR) is 82.7 cm³/mol. The molecule has 0 aliphatic rings. The van der Waals surface area contributed by atoms with Gasteiger partial charge in [-0.15, -0.1) is 0 Å². The Labute approximate surface area is 125 Å². The summed E-state index contributed by atoms with van der Waals surface area (Å²) in [5, 5.41) is 9.14. The standard InChI is InChI=1S/C16H11ClN2O2/c17-13-9-12(7-5-11(13)6-8-16(20)21)19-10-18-14-3-1-2-4-15(14)19/h1-10H,(H,20,21)/b8-6+. The Balaban J connectivity index is 2.04. The molecule has 0 fully saturated rings. The van der Waals surface area contributed by atoms with Gasteiger partial charge in [-0.25, -0.2) is 9.78 Å². The number of hydrogen-bond acceptors (Lipinski definition) is 2. The quantitative estimate of drug-likeness (QED) is 0.749. The van der Waals surface area contributed by atoms with Crippen LogP contribution in [0.5, 0.6) is 0 Å². The molecular formula is C16H11ClN2O2. The summed E-state index contributed by atoms with van der Waals surface area (Å²) in [5.41, 5.74) is 3.43. The van der Waals surface area contributed by atoms with Crippen LogP contribution in [0, 0.1) is 0 Å². The summed E-state index contributed by atoms with van der Waals surface area (Å²) in [4.78, 5) is 14.9. The van der Waals surface area contributed by atoms with E-state index in [1.54, 1.807) is 18.5 Å². The number of carboxylic acids is 1. The Morgan fingerprint density at radius 1 is 1.24 bits per heavy atom. The molecule has 21 heavy (non-hydrogen) atoms. The normalized spacial score (nSPS) is 11.3. The van der Waals surface area contributed by atoms with Gasteiger partial charge in [0.1, 0.15) is 6.33 Å². The zero-order valence-corrected chi connectivity index (χ0v) is 11.7. The fourth-order valence-electron chi connectivity index (χ4n) is 2.13. The smallest absolute Gasteiger partial charge is 0.328 e. The highest BCUT2D eigenvalue weighted by Gasteiger charge is 2.06. The van der Waals surface area contributed by atoms with Gasteiger partial charge in [0.05, 0.1) is 11.0 Å². The van der Waals surface area contributed by atoms with Gasteiger partial charge in [-0.2, -0.15) is 0 Å². The van der Waals surface area contributed by atoms with E-state index in [-0.39, 0.29) is 0 Å². The third-order valence-corrected chi connectivity index (χ3v) is 3.45. The third-order valence-electron chi connectivity index (χ3n) is 3.12. The Bertz CT molecular complexity index is 852. The molecule has 0 saturated heterocycles. The number of halogens is 1. The number of hydrogen-bond donors (Lipinski definition) is 1. The molecule has 0 bridgehead atoms. The number of aliphatic carboxylic acids is 1. The summed E-state index contributed by atoms with van der Waals surface area (Å²) < 4.78 is 1.94. The minimum atomic E-state index is -1.00. The maximum atomic E-state index is 10.5. The van der Waals surface area contributed by atoms with Crippen LogP contribution in [0.4, 0.5) is 0 Å². The van der Waals surface area contributed by atoms with E-state index in [4.69, 9.17) is 16.7 Å². The van der Waals surface area contributed by atoms with Gasteiger partial charge in [0.2, 0.25) is 0 Å². The van der Waals surface area contributed by atoms with Crippen LogP contribution in [-0.4, -0.2) is 20.6 Å². The SMILES string of the molecule is O=C(O)/C=C/c1ccc(-n2cnc3ccccc32)cc1Cl. The number of rotatable bonds is 3. The fraction of sp³-hybridized carbons (Fsp3) is 0. The zero-order valence-electron chi connectivity index (χ0n) is 10.9. The molecule has 0 spiro atoms. The van der Waals surface area contributed by atoms with Crippen molar-refractivity contribution in [1.82, 2.24) is 9.55 Å². The van der Waals surface area contributed by atoms with Crippen LogP contribution >= 0.6 is 11.6 Å². The number of aromatic nitrogens is 2. The Morgan fingerprint density at radius 3 is 2.81 bits per heavy atom. The molecular weight excluding hydrogens is 288 g/mol. The number of para-hydroxylation sites is 2. The van der Waals surface area contributed by atoms with Crippen LogP contribution in [0.3, 0.4) is 0 Å². The van der Waals surface area contributed by atoms with Crippen LogP contribution in [0.25, 0.3) is 22.8 Å². The number of nitrogens with zero attached hydrogens (tertiary/aromatic N) is 2. The van der Waals surface area contributed by atoms with Crippen molar-refractivity contribution in [3.8, 4) is 5.69 Å². The van der Waals surface area contributed by atoms with Crippen molar-refractivity contribution >= 4 is 34.7 Å². The van der Waals surface area contributed by atoms with Crippen molar-refractivity contribution in [2.75, 3.05) is 0 Å². The van der Waals surface area contributed by atoms with E-state index >= 15 is 0 Å². The van der Waals surface area contributed by atoms with Gasteiger partial charge in [0.25, 0.3) is 0 Å². The first kappa shape index (κ1) is 13.4. The van der Waals surface area contributed by atoms with Gasteiger partial charge in [0, 0.05) is 16.8 Å². The lowest BCUT2D eigenvalue weighted by molar-refractivity contribution is -0.131.